The van der Waals surface area contributed by atoms with Gasteiger partial charge in [0.2, 0.25) is 0 Å². The lowest BCUT2D eigenvalue weighted by Gasteiger charge is -2.40. The van der Waals surface area contributed by atoms with Gasteiger partial charge in [-0.2, -0.15) is 10.3 Å². The van der Waals surface area contributed by atoms with E-state index in [2.05, 4.69) is 72.4 Å². The second-order valence-electron chi connectivity index (χ2n) is 12.0. The summed E-state index contributed by atoms with van der Waals surface area (Å²) in [7, 11) is 0. The standard InChI is InChI=1S/C27H32N10O2.C7H9N/c1-3-18-12-17(13-21-16(2)30-31-24(18)21)14-23(25-32-34-35-33-25)29-26(38)36-10-8-20(9-11-36)37-15-19-6-4-5-7-22(19)28-27(37)39;1-2-7-3-5-8-6-4-7/h4-7,12-13,20,23H,3,8-11,14-15H2,1-2H3,(H,28,39)(H,29,38)(H,30,31)(H,32,33,34,35);3-6H,2H2,1H3. The highest BCUT2D eigenvalue weighted by molar-refractivity contribution is 5.92. The number of piperidine rings is 1. The number of hydrogen-bond donors (Lipinski definition) is 4. The highest BCUT2D eigenvalue weighted by Crippen LogP contribution is 2.28. The molecule has 5 aromatic rings. The number of nitrogens with one attached hydrogen (secondary N) is 4. The molecule has 1 saturated heterocycles. The van der Waals surface area contributed by atoms with Gasteiger partial charge in [-0.1, -0.05) is 43.3 Å². The quantitative estimate of drug-likeness (QED) is 0.194. The fraction of sp³-hybridized carbons (Fsp3) is 0.382. The van der Waals surface area contributed by atoms with Crippen molar-refractivity contribution in [1.82, 2.24) is 50.9 Å². The molecule has 5 heterocycles. The molecule has 13 heteroatoms. The van der Waals surface area contributed by atoms with E-state index in [1.807, 2.05) is 60.6 Å². The van der Waals surface area contributed by atoms with Crippen LogP contribution < -0.4 is 10.6 Å². The minimum atomic E-state index is -0.451. The van der Waals surface area contributed by atoms with Crippen molar-refractivity contribution in [1.29, 1.82) is 0 Å². The van der Waals surface area contributed by atoms with Crippen LogP contribution in [0, 0.1) is 6.92 Å². The summed E-state index contributed by atoms with van der Waals surface area (Å²) in [5.74, 6) is 0.434. The summed E-state index contributed by atoms with van der Waals surface area (Å²) in [5, 5.41) is 29.3. The molecule has 1 unspecified atom stereocenters. The number of amides is 4. The first-order valence-electron chi connectivity index (χ1n) is 16.2. The van der Waals surface area contributed by atoms with E-state index in [1.54, 1.807) is 4.90 Å². The summed E-state index contributed by atoms with van der Waals surface area (Å²) in [6, 6.07) is 15.5. The van der Waals surface area contributed by atoms with Crippen molar-refractivity contribution in [2.24, 2.45) is 0 Å². The van der Waals surface area contributed by atoms with Crippen molar-refractivity contribution in [3.8, 4) is 0 Å². The Kier molecular flexibility index (Phi) is 9.69. The van der Waals surface area contributed by atoms with Crippen LogP contribution in [-0.4, -0.2) is 76.8 Å². The molecule has 0 spiro atoms. The molecule has 4 N–H and O–H groups in total. The van der Waals surface area contributed by atoms with Crippen LogP contribution in [0.3, 0.4) is 0 Å². The molecule has 244 valence electrons. The Labute approximate surface area is 273 Å². The number of hydrogen-bond acceptors (Lipinski definition) is 7. The number of pyridine rings is 1. The van der Waals surface area contributed by atoms with E-state index in [0.717, 1.165) is 51.8 Å². The number of nitrogens with zero attached hydrogens (tertiary/aromatic N) is 7. The number of fused-ring (bicyclic) bond motifs is 2. The predicted molar refractivity (Wildman–Crippen MR) is 179 cm³/mol. The molecule has 3 aromatic heterocycles. The van der Waals surface area contributed by atoms with Gasteiger partial charge in [0.15, 0.2) is 5.82 Å². The number of tetrazole rings is 1. The zero-order valence-corrected chi connectivity index (χ0v) is 27.0. The normalized spacial score (nSPS) is 15.4. The zero-order chi connectivity index (χ0) is 32.8. The highest BCUT2D eigenvalue weighted by atomic mass is 16.2. The number of carbonyl (C=O) groups is 2. The Morgan fingerprint density at radius 2 is 1.81 bits per heavy atom. The van der Waals surface area contributed by atoms with E-state index in [4.69, 9.17) is 0 Å². The van der Waals surface area contributed by atoms with Gasteiger partial charge >= 0.3 is 12.1 Å². The molecule has 0 radical (unpaired) electrons. The molecule has 0 saturated carbocycles. The molecule has 2 aliphatic rings. The summed E-state index contributed by atoms with van der Waals surface area (Å²) in [4.78, 5) is 33.7. The van der Waals surface area contributed by atoms with Gasteiger partial charge in [0.25, 0.3) is 0 Å². The minimum absolute atomic E-state index is 0.0767. The minimum Gasteiger partial charge on any atom is -0.327 e. The molecule has 47 heavy (non-hydrogen) atoms. The van der Waals surface area contributed by atoms with Crippen molar-refractivity contribution in [2.75, 3.05) is 18.4 Å². The average molecular weight is 636 g/mol. The Balaban J connectivity index is 0.000000424. The number of aromatic amines is 2. The third kappa shape index (κ3) is 7.24. The molecule has 7 rings (SSSR count). The third-order valence-electron chi connectivity index (χ3n) is 8.99. The lowest BCUT2D eigenvalue weighted by Crippen LogP contribution is -2.53. The van der Waals surface area contributed by atoms with Crippen LogP contribution in [0.4, 0.5) is 15.3 Å². The van der Waals surface area contributed by atoms with E-state index in [9.17, 15) is 9.59 Å². The molecular weight excluding hydrogens is 594 g/mol. The van der Waals surface area contributed by atoms with E-state index in [-0.39, 0.29) is 18.1 Å². The number of carbonyl (C=O) groups excluding carboxylic acids is 2. The summed E-state index contributed by atoms with van der Waals surface area (Å²) in [6.07, 6.45) is 7.53. The predicted octanol–water partition coefficient (Wildman–Crippen LogP) is 5.10. The van der Waals surface area contributed by atoms with Crippen molar-refractivity contribution >= 4 is 28.7 Å². The van der Waals surface area contributed by atoms with Gasteiger partial charge < -0.3 is 20.4 Å². The topological polar surface area (TPSA) is 161 Å². The number of rotatable bonds is 7. The number of para-hydroxylation sites is 1. The summed E-state index contributed by atoms with van der Waals surface area (Å²) >= 11 is 0. The van der Waals surface area contributed by atoms with Gasteiger partial charge in [-0.05, 0) is 79.1 Å². The summed E-state index contributed by atoms with van der Waals surface area (Å²) < 4.78 is 0. The number of H-pyrrole nitrogens is 2. The molecule has 1 fully saturated rings. The van der Waals surface area contributed by atoms with Crippen LogP contribution in [0.1, 0.15) is 66.5 Å². The summed E-state index contributed by atoms with van der Waals surface area (Å²) in [5.41, 5.74) is 7.53. The number of anilines is 1. The lowest BCUT2D eigenvalue weighted by molar-refractivity contribution is 0.127. The number of aryl methyl sites for hydroxylation is 3. The van der Waals surface area contributed by atoms with E-state index in [0.29, 0.717) is 44.7 Å². The second kappa shape index (κ2) is 14.4. The Morgan fingerprint density at radius 1 is 1.02 bits per heavy atom. The largest absolute Gasteiger partial charge is 0.327 e. The number of aromatic nitrogens is 7. The lowest BCUT2D eigenvalue weighted by atomic mass is 9.98. The number of urea groups is 2. The van der Waals surface area contributed by atoms with Crippen LogP contribution in [0.15, 0.2) is 60.9 Å². The maximum absolute atomic E-state index is 13.4. The van der Waals surface area contributed by atoms with Gasteiger partial charge in [-0.3, -0.25) is 10.1 Å². The number of likely N-dealkylation sites (tertiary alicyclic amines) is 1. The second-order valence-corrected chi connectivity index (χ2v) is 12.0. The Hall–Kier alpha value is -5.33. The fourth-order valence-corrected chi connectivity index (χ4v) is 6.28. The van der Waals surface area contributed by atoms with Crippen LogP contribution >= 0.6 is 0 Å². The molecular formula is C34H41N11O2. The van der Waals surface area contributed by atoms with Crippen LogP contribution in [0.2, 0.25) is 0 Å². The van der Waals surface area contributed by atoms with E-state index in [1.165, 1.54) is 5.56 Å². The van der Waals surface area contributed by atoms with E-state index < -0.39 is 6.04 Å². The monoisotopic (exact) mass is 635 g/mol. The zero-order valence-electron chi connectivity index (χ0n) is 27.0. The smallest absolute Gasteiger partial charge is 0.322 e. The van der Waals surface area contributed by atoms with Gasteiger partial charge in [0.05, 0.1) is 11.6 Å². The maximum atomic E-state index is 13.4. The van der Waals surface area contributed by atoms with Crippen molar-refractivity contribution < 1.29 is 9.59 Å². The maximum Gasteiger partial charge on any atom is 0.322 e. The molecule has 0 bridgehead atoms. The fourth-order valence-electron chi connectivity index (χ4n) is 6.28. The Morgan fingerprint density at radius 3 is 2.51 bits per heavy atom. The SMILES string of the molecule is CCc1cc(CC(NC(=O)N2CCC(N3Cc4ccccc4NC3=O)CC2)c2nn[nH]n2)cc2c(C)[nH]nc12.CCc1ccncc1. The van der Waals surface area contributed by atoms with Crippen LogP contribution in [0.25, 0.3) is 10.9 Å². The first kappa shape index (κ1) is 31.6. The average Bonchev–Trinajstić information content (AvgIpc) is 3.79. The third-order valence-corrected chi connectivity index (χ3v) is 8.99. The van der Waals surface area contributed by atoms with Gasteiger partial charge in [0, 0.05) is 61.3 Å². The Bertz CT molecular complexity index is 1800. The van der Waals surface area contributed by atoms with Crippen LogP contribution in [-0.2, 0) is 25.8 Å². The molecule has 2 aromatic carbocycles. The first-order chi connectivity index (χ1) is 22.9. The molecule has 13 nitrogen and oxygen atoms in total. The van der Waals surface area contributed by atoms with Crippen molar-refractivity contribution in [3.63, 3.8) is 0 Å². The van der Waals surface area contributed by atoms with Gasteiger partial charge in [0.1, 0.15) is 0 Å². The first-order valence-corrected chi connectivity index (χ1v) is 16.2. The number of benzene rings is 2. The van der Waals surface area contributed by atoms with Crippen LogP contribution in [0.5, 0.6) is 0 Å². The molecule has 0 aliphatic carbocycles. The molecule has 4 amide bonds. The summed E-state index contributed by atoms with van der Waals surface area (Å²) in [6.45, 7) is 7.94. The van der Waals surface area contributed by atoms with Gasteiger partial charge in [-0.25, -0.2) is 9.59 Å². The van der Waals surface area contributed by atoms with Gasteiger partial charge in [-0.15, -0.1) is 10.2 Å². The molecule has 1 atom stereocenters. The molecule has 2 aliphatic heterocycles. The highest BCUT2D eigenvalue weighted by Gasteiger charge is 2.33. The van der Waals surface area contributed by atoms with E-state index >= 15 is 0 Å². The van der Waals surface area contributed by atoms with Crippen molar-refractivity contribution in [3.05, 3.63) is 94.7 Å². The van der Waals surface area contributed by atoms with Crippen molar-refractivity contribution in [2.45, 2.75) is 71.5 Å².